The minimum Gasteiger partial charge on any atom is -0.495 e. The zero-order chi connectivity index (χ0) is 22.7. The second-order valence-corrected chi connectivity index (χ2v) is 8.13. The molecule has 0 aliphatic carbocycles. The quantitative estimate of drug-likeness (QED) is 0.377. The van der Waals surface area contributed by atoms with Gasteiger partial charge >= 0.3 is 0 Å². The van der Waals surface area contributed by atoms with Crippen molar-refractivity contribution in [2.45, 2.75) is 33.1 Å². The Bertz CT molecular complexity index is 1270. The summed E-state index contributed by atoms with van der Waals surface area (Å²) in [6.07, 6.45) is 3.43. The first kappa shape index (κ1) is 21.8. The molecule has 4 rings (SSSR count). The Hall–Kier alpha value is -3.38. The maximum atomic E-state index is 12.7. The van der Waals surface area contributed by atoms with Crippen molar-refractivity contribution >= 4 is 34.2 Å². The first-order chi connectivity index (χ1) is 15.5. The molecule has 164 valence electrons. The largest absolute Gasteiger partial charge is 0.495 e. The maximum absolute atomic E-state index is 12.7. The second kappa shape index (κ2) is 9.40. The molecule has 0 spiro atoms. The Morgan fingerprint density at radius 1 is 1.06 bits per heavy atom. The van der Waals surface area contributed by atoms with Crippen molar-refractivity contribution in [3.63, 3.8) is 0 Å². The highest BCUT2D eigenvalue weighted by atomic mass is 35.5. The van der Waals surface area contributed by atoms with Gasteiger partial charge in [-0.3, -0.25) is 4.79 Å². The Morgan fingerprint density at radius 2 is 1.78 bits per heavy atom. The maximum Gasteiger partial charge on any atom is 0.255 e. The molecular weight excluding hydrogens is 424 g/mol. The molecule has 6 nitrogen and oxygen atoms in total. The number of hydrogen-bond acceptors (Lipinski definition) is 4. The molecule has 1 aromatic heterocycles. The van der Waals surface area contributed by atoms with Gasteiger partial charge in [-0.25, -0.2) is 0 Å². The van der Waals surface area contributed by atoms with E-state index in [1.54, 1.807) is 23.0 Å². The number of aromatic nitrogens is 3. The summed E-state index contributed by atoms with van der Waals surface area (Å²) in [6.45, 7) is 4.12. The average Bonchev–Trinajstić information content (AvgIpc) is 3.20. The highest BCUT2D eigenvalue weighted by Gasteiger charge is 2.13. The number of unbranched alkanes of at least 4 members (excludes halogenated alkanes) is 1. The first-order valence-electron chi connectivity index (χ1n) is 10.6. The van der Waals surface area contributed by atoms with Crippen LogP contribution in [0.2, 0.25) is 5.02 Å². The number of methoxy groups -OCH3 is 1. The van der Waals surface area contributed by atoms with E-state index in [-0.39, 0.29) is 5.91 Å². The van der Waals surface area contributed by atoms with Crippen molar-refractivity contribution in [2.75, 3.05) is 12.4 Å². The van der Waals surface area contributed by atoms with E-state index < -0.39 is 0 Å². The van der Waals surface area contributed by atoms with Gasteiger partial charge in [-0.1, -0.05) is 37.1 Å². The van der Waals surface area contributed by atoms with Crippen LogP contribution in [0.3, 0.4) is 0 Å². The lowest BCUT2D eigenvalue weighted by Crippen LogP contribution is -2.12. The SMILES string of the molecule is CCCCc1ccc(-n2nc3cc(C)c(NC(=O)c4ccc(OC)c(Cl)c4)cc3n2)cc1. The van der Waals surface area contributed by atoms with E-state index in [2.05, 4.69) is 34.6 Å². The first-order valence-corrected chi connectivity index (χ1v) is 11.0. The number of amides is 1. The molecular formula is C25H25ClN4O2. The minimum atomic E-state index is -0.257. The molecule has 0 unspecified atom stereocenters. The molecule has 4 aromatic rings. The third-order valence-electron chi connectivity index (χ3n) is 5.37. The molecule has 1 N–H and O–H groups in total. The van der Waals surface area contributed by atoms with Gasteiger partial charge in [0, 0.05) is 11.3 Å². The third kappa shape index (κ3) is 4.60. The second-order valence-electron chi connectivity index (χ2n) is 7.72. The summed E-state index contributed by atoms with van der Waals surface area (Å²) in [4.78, 5) is 14.4. The van der Waals surface area contributed by atoms with Crippen LogP contribution in [0.25, 0.3) is 16.7 Å². The van der Waals surface area contributed by atoms with Crippen LogP contribution in [0.5, 0.6) is 5.75 Å². The lowest BCUT2D eigenvalue weighted by molar-refractivity contribution is 0.102. The van der Waals surface area contributed by atoms with Gasteiger partial charge in [0.15, 0.2) is 0 Å². The number of carbonyl (C=O) groups is 1. The summed E-state index contributed by atoms with van der Waals surface area (Å²) in [5.41, 5.74) is 5.70. The number of nitrogens with one attached hydrogen (secondary N) is 1. The number of nitrogens with zero attached hydrogens (tertiary/aromatic N) is 3. The number of benzene rings is 3. The van der Waals surface area contributed by atoms with Gasteiger partial charge < -0.3 is 10.1 Å². The standard InChI is InChI=1S/C25H25ClN4O2/c1-4-5-6-17-7-10-19(11-8-17)30-28-22-13-16(2)21(15-23(22)29-30)27-25(31)18-9-12-24(32-3)20(26)14-18/h7-15H,4-6H2,1-3H3,(H,27,31). The lowest BCUT2D eigenvalue weighted by atomic mass is 10.1. The number of halogens is 1. The van der Waals surface area contributed by atoms with Crippen LogP contribution in [0.4, 0.5) is 5.69 Å². The minimum absolute atomic E-state index is 0.257. The number of anilines is 1. The summed E-state index contributed by atoms with van der Waals surface area (Å²) in [5, 5.41) is 12.5. The lowest BCUT2D eigenvalue weighted by Gasteiger charge is -2.09. The van der Waals surface area contributed by atoms with Crippen LogP contribution in [0.15, 0.2) is 54.6 Å². The average molecular weight is 449 g/mol. The molecule has 1 amide bonds. The summed E-state index contributed by atoms with van der Waals surface area (Å²) >= 11 is 6.16. The predicted octanol–water partition coefficient (Wildman–Crippen LogP) is 5.99. The van der Waals surface area contributed by atoms with E-state index in [1.165, 1.54) is 25.5 Å². The van der Waals surface area contributed by atoms with Crippen LogP contribution in [-0.2, 0) is 6.42 Å². The number of ether oxygens (including phenoxy) is 1. The summed E-state index contributed by atoms with van der Waals surface area (Å²) in [5.74, 6) is 0.267. The van der Waals surface area contributed by atoms with E-state index in [9.17, 15) is 4.79 Å². The molecule has 0 fully saturated rings. The molecule has 0 atom stereocenters. The van der Waals surface area contributed by atoms with E-state index >= 15 is 0 Å². The highest BCUT2D eigenvalue weighted by Crippen LogP contribution is 2.27. The fourth-order valence-corrected chi connectivity index (χ4v) is 3.75. The molecule has 0 aliphatic rings. The van der Waals surface area contributed by atoms with Crippen LogP contribution in [-0.4, -0.2) is 28.0 Å². The monoisotopic (exact) mass is 448 g/mol. The predicted molar refractivity (Wildman–Crippen MR) is 128 cm³/mol. The van der Waals surface area contributed by atoms with E-state index in [1.807, 2.05) is 31.2 Å². The zero-order valence-corrected chi connectivity index (χ0v) is 19.1. The molecule has 3 aromatic carbocycles. The van der Waals surface area contributed by atoms with Crippen LogP contribution < -0.4 is 10.1 Å². The zero-order valence-electron chi connectivity index (χ0n) is 18.4. The van der Waals surface area contributed by atoms with Gasteiger partial charge in [0.25, 0.3) is 5.91 Å². The fourth-order valence-electron chi connectivity index (χ4n) is 3.50. The van der Waals surface area contributed by atoms with Gasteiger partial charge in [0.1, 0.15) is 16.8 Å². The topological polar surface area (TPSA) is 69.0 Å². The molecule has 7 heteroatoms. The number of carbonyl (C=O) groups excluding carboxylic acids is 1. The highest BCUT2D eigenvalue weighted by molar-refractivity contribution is 6.32. The van der Waals surface area contributed by atoms with Crippen molar-refractivity contribution < 1.29 is 9.53 Å². The Morgan fingerprint density at radius 3 is 2.44 bits per heavy atom. The van der Waals surface area contributed by atoms with E-state index in [0.29, 0.717) is 27.5 Å². The molecule has 1 heterocycles. The summed E-state index contributed by atoms with van der Waals surface area (Å²) < 4.78 is 5.15. The number of hydrogen-bond donors (Lipinski definition) is 1. The van der Waals surface area contributed by atoms with Crippen molar-refractivity contribution in [3.05, 3.63) is 76.3 Å². The number of rotatable bonds is 7. The summed E-state index contributed by atoms with van der Waals surface area (Å²) in [7, 11) is 1.54. The van der Waals surface area contributed by atoms with Crippen LogP contribution in [0.1, 0.15) is 41.3 Å². The third-order valence-corrected chi connectivity index (χ3v) is 5.67. The van der Waals surface area contributed by atoms with Gasteiger partial charge in [-0.2, -0.15) is 4.80 Å². The molecule has 0 radical (unpaired) electrons. The van der Waals surface area contributed by atoms with E-state index in [4.69, 9.17) is 16.3 Å². The molecule has 32 heavy (non-hydrogen) atoms. The molecule has 0 saturated carbocycles. The van der Waals surface area contributed by atoms with Gasteiger partial charge in [0.2, 0.25) is 0 Å². The van der Waals surface area contributed by atoms with Gasteiger partial charge in [0.05, 0.1) is 17.8 Å². The number of aryl methyl sites for hydroxylation is 2. The van der Waals surface area contributed by atoms with Crippen molar-refractivity contribution in [1.82, 2.24) is 15.0 Å². The van der Waals surface area contributed by atoms with Gasteiger partial charge in [-0.05, 0) is 73.4 Å². The fraction of sp³-hybridized carbons (Fsp3) is 0.240. The Kier molecular flexibility index (Phi) is 6.42. The van der Waals surface area contributed by atoms with Crippen LogP contribution >= 0.6 is 11.6 Å². The molecule has 0 saturated heterocycles. The van der Waals surface area contributed by atoms with Crippen molar-refractivity contribution in [3.8, 4) is 11.4 Å². The Labute approximate surface area is 192 Å². The summed E-state index contributed by atoms with van der Waals surface area (Å²) in [6, 6.07) is 17.0. The Balaban J connectivity index is 1.57. The smallest absolute Gasteiger partial charge is 0.255 e. The van der Waals surface area contributed by atoms with E-state index in [0.717, 1.165) is 23.2 Å². The van der Waals surface area contributed by atoms with Gasteiger partial charge in [-0.15, -0.1) is 10.2 Å². The number of fused-ring (bicyclic) bond motifs is 1. The normalized spacial score (nSPS) is 11.0. The molecule has 0 aliphatic heterocycles. The molecule has 0 bridgehead atoms. The van der Waals surface area contributed by atoms with Crippen molar-refractivity contribution in [2.24, 2.45) is 0 Å². The van der Waals surface area contributed by atoms with Crippen LogP contribution in [0, 0.1) is 6.92 Å². The van der Waals surface area contributed by atoms with Crippen molar-refractivity contribution in [1.29, 1.82) is 0 Å².